The third-order valence-electron chi connectivity index (χ3n) is 4.13. The minimum absolute atomic E-state index is 0. The van der Waals surface area contributed by atoms with Crippen molar-refractivity contribution in [1.82, 2.24) is 5.32 Å². The van der Waals surface area contributed by atoms with E-state index in [2.05, 4.69) is 10.6 Å². The smallest absolute Gasteiger partial charge is 0.227 e. The minimum Gasteiger partial charge on any atom is -0.489 e. The van der Waals surface area contributed by atoms with Gasteiger partial charge in [-0.1, -0.05) is 29.8 Å². The van der Waals surface area contributed by atoms with Crippen LogP contribution in [-0.2, 0) is 11.4 Å². The minimum atomic E-state index is 0. The summed E-state index contributed by atoms with van der Waals surface area (Å²) in [4.78, 5) is 12.3. The van der Waals surface area contributed by atoms with E-state index in [0.717, 1.165) is 42.9 Å². The van der Waals surface area contributed by atoms with Crippen molar-refractivity contribution in [3.63, 3.8) is 0 Å². The second-order valence-electron chi connectivity index (χ2n) is 5.96. The topological polar surface area (TPSA) is 50.4 Å². The Bertz CT molecular complexity index is 686. The molecule has 1 amide bonds. The van der Waals surface area contributed by atoms with E-state index in [0.29, 0.717) is 11.6 Å². The zero-order valence-electron chi connectivity index (χ0n) is 13.8. The molecule has 2 N–H and O–H groups in total. The Hall–Kier alpha value is -1.75. The summed E-state index contributed by atoms with van der Waals surface area (Å²) in [6.07, 6.45) is 1.77. The maximum atomic E-state index is 12.3. The van der Waals surface area contributed by atoms with Gasteiger partial charge in [0.15, 0.2) is 0 Å². The van der Waals surface area contributed by atoms with Gasteiger partial charge in [0.25, 0.3) is 0 Å². The molecule has 4 nitrogen and oxygen atoms in total. The molecule has 134 valence electrons. The van der Waals surface area contributed by atoms with Crippen molar-refractivity contribution >= 4 is 35.6 Å². The van der Waals surface area contributed by atoms with Gasteiger partial charge >= 0.3 is 0 Å². The van der Waals surface area contributed by atoms with Crippen LogP contribution in [0.25, 0.3) is 0 Å². The average Bonchev–Trinajstić information content (AvgIpc) is 2.62. The van der Waals surface area contributed by atoms with Gasteiger partial charge in [-0.3, -0.25) is 4.79 Å². The van der Waals surface area contributed by atoms with Crippen molar-refractivity contribution in [2.24, 2.45) is 5.92 Å². The SMILES string of the molecule is Cl.O=C(Nc1cccc(OCc2ccc(Cl)cc2)c1)C1CCNCC1. The first-order valence-corrected chi connectivity index (χ1v) is 8.57. The van der Waals surface area contributed by atoms with Crippen LogP contribution in [0.3, 0.4) is 0 Å². The van der Waals surface area contributed by atoms with Crippen molar-refractivity contribution < 1.29 is 9.53 Å². The molecular formula is C19H22Cl2N2O2. The molecule has 1 aliphatic heterocycles. The second kappa shape index (κ2) is 9.66. The van der Waals surface area contributed by atoms with Gasteiger partial charge < -0.3 is 15.4 Å². The van der Waals surface area contributed by atoms with Crippen LogP contribution in [0.1, 0.15) is 18.4 Å². The van der Waals surface area contributed by atoms with Crippen molar-refractivity contribution in [3.8, 4) is 5.75 Å². The highest BCUT2D eigenvalue weighted by Gasteiger charge is 2.20. The summed E-state index contributed by atoms with van der Waals surface area (Å²) in [7, 11) is 0. The molecule has 25 heavy (non-hydrogen) atoms. The molecule has 1 fully saturated rings. The lowest BCUT2D eigenvalue weighted by molar-refractivity contribution is -0.120. The summed E-state index contributed by atoms with van der Waals surface area (Å²) in [5.74, 6) is 0.907. The molecule has 6 heteroatoms. The molecule has 0 spiro atoms. The number of amides is 1. The molecule has 1 aliphatic rings. The first kappa shape index (κ1) is 19.6. The average molecular weight is 381 g/mol. The summed E-state index contributed by atoms with van der Waals surface area (Å²) in [6, 6.07) is 15.1. The highest BCUT2D eigenvalue weighted by atomic mass is 35.5. The number of rotatable bonds is 5. The Balaban J connectivity index is 0.00000225. The van der Waals surface area contributed by atoms with E-state index in [9.17, 15) is 4.79 Å². The molecule has 0 saturated carbocycles. The van der Waals surface area contributed by atoms with E-state index in [1.807, 2.05) is 48.5 Å². The number of carbonyl (C=O) groups is 1. The Labute approximate surface area is 159 Å². The lowest BCUT2D eigenvalue weighted by atomic mass is 9.97. The fourth-order valence-electron chi connectivity index (χ4n) is 2.74. The fourth-order valence-corrected chi connectivity index (χ4v) is 2.87. The molecule has 2 aromatic carbocycles. The zero-order chi connectivity index (χ0) is 16.8. The number of piperidine rings is 1. The molecule has 0 atom stereocenters. The van der Waals surface area contributed by atoms with Gasteiger partial charge in [0, 0.05) is 22.7 Å². The van der Waals surface area contributed by atoms with Gasteiger partial charge in [0.1, 0.15) is 12.4 Å². The van der Waals surface area contributed by atoms with Gasteiger partial charge in [-0.15, -0.1) is 12.4 Å². The molecule has 0 radical (unpaired) electrons. The van der Waals surface area contributed by atoms with Crippen molar-refractivity contribution in [2.75, 3.05) is 18.4 Å². The number of hydrogen-bond acceptors (Lipinski definition) is 3. The van der Waals surface area contributed by atoms with Gasteiger partial charge in [-0.05, 0) is 55.8 Å². The molecule has 1 heterocycles. The molecule has 2 aromatic rings. The quantitative estimate of drug-likeness (QED) is 0.813. The predicted molar refractivity (Wildman–Crippen MR) is 104 cm³/mol. The summed E-state index contributed by atoms with van der Waals surface area (Å²) in [6.45, 7) is 2.27. The molecule has 0 unspecified atom stereocenters. The van der Waals surface area contributed by atoms with Crippen LogP contribution in [0, 0.1) is 5.92 Å². The number of carbonyl (C=O) groups excluding carboxylic acids is 1. The van der Waals surface area contributed by atoms with Crippen LogP contribution in [0.4, 0.5) is 5.69 Å². The third kappa shape index (κ3) is 5.92. The van der Waals surface area contributed by atoms with E-state index >= 15 is 0 Å². The molecular weight excluding hydrogens is 359 g/mol. The van der Waals surface area contributed by atoms with Gasteiger partial charge in [-0.25, -0.2) is 0 Å². The van der Waals surface area contributed by atoms with Gasteiger partial charge in [0.05, 0.1) is 0 Å². The Morgan fingerprint density at radius 3 is 2.60 bits per heavy atom. The zero-order valence-corrected chi connectivity index (χ0v) is 15.4. The van der Waals surface area contributed by atoms with E-state index < -0.39 is 0 Å². The van der Waals surface area contributed by atoms with Crippen molar-refractivity contribution in [3.05, 3.63) is 59.1 Å². The molecule has 0 aliphatic carbocycles. The number of anilines is 1. The Kier molecular flexibility index (Phi) is 7.56. The van der Waals surface area contributed by atoms with E-state index in [1.165, 1.54) is 0 Å². The Morgan fingerprint density at radius 2 is 1.88 bits per heavy atom. The van der Waals surface area contributed by atoms with E-state index in [-0.39, 0.29) is 24.2 Å². The first-order valence-electron chi connectivity index (χ1n) is 8.19. The number of ether oxygens (including phenoxy) is 1. The number of benzene rings is 2. The van der Waals surface area contributed by atoms with E-state index in [4.69, 9.17) is 16.3 Å². The Morgan fingerprint density at radius 1 is 1.16 bits per heavy atom. The molecule has 0 aromatic heterocycles. The fraction of sp³-hybridized carbons (Fsp3) is 0.316. The van der Waals surface area contributed by atoms with Crippen LogP contribution in [0.15, 0.2) is 48.5 Å². The summed E-state index contributed by atoms with van der Waals surface area (Å²) in [5, 5.41) is 6.97. The number of hydrogen-bond donors (Lipinski definition) is 2. The number of nitrogens with one attached hydrogen (secondary N) is 2. The normalized spacial score (nSPS) is 14.4. The lowest BCUT2D eigenvalue weighted by Gasteiger charge is -2.21. The van der Waals surface area contributed by atoms with Gasteiger partial charge in [-0.2, -0.15) is 0 Å². The largest absolute Gasteiger partial charge is 0.489 e. The lowest BCUT2D eigenvalue weighted by Crippen LogP contribution is -2.34. The monoisotopic (exact) mass is 380 g/mol. The van der Waals surface area contributed by atoms with Crippen LogP contribution in [0.5, 0.6) is 5.75 Å². The third-order valence-corrected chi connectivity index (χ3v) is 4.38. The second-order valence-corrected chi connectivity index (χ2v) is 6.39. The summed E-state index contributed by atoms with van der Waals surface area (Å²) < 4.78 is 5.80. The van der Waals surface area contributed by atoms with E-state index in [1.54, 1.807) is 0 Å². The molecule has 1 saturated heterocycles. The van der Waals surface area contributed by atoms with Crippen LogP contribution >= 0.6 is 24.0 Å². The summed E-state index contributed by atoms with van der Waals surface area (Å²) >= 11 is 5.88. The van der Waals surface area contributed by atoms with Crippen LogP contribution in [0.2, 0.25) is 5.02 Å². The van der Waals surface area contributed by atoms with Crippen molar-refractivity contribution in [2.45, 2.75) is 19.4 Å². The van der Waals surface area contributed by atoms with Crippen LogP contribution < -0.4 is 15.4 Å². The van der Waals surface area contributed by atoms with Gasteiger partial charge in [0.2, 0.25) is 5.91 Å². The van der Waals surface area contributed by atoms with Crippen LogP contribution in [-0.4, -0.2) is 19.0 Å². The summed E-state index contributed by atoms with van der Waals surface area (Å²) in [5.41, 5.74) is 1.82. The number of halogens is 2. The van der Waals surface area contributed by atoms with Crippen molar-refractivity contribution in [1.29, 1.82) is 0 Å². The highest BCUT2D eigenvalue weighted by Crippen LogP contribution is 2.21. The first-order chi connectivity index (χ1) is 11.7. The highest BCUT2D eigenvalue weighted by molar-refractivity contribution is 6.30. The molecule has 0 bridgehead atoms. The maximum absolute atomic E-state index is 12.3. The maximum Gasteiger partial charge on any atom is 0.227 e. The standard InChI is InChI=1S/C19H21ClN2O2.ClH/c20-16-6-4-14(5-7-16)13-24-18-3-1-2-17(12-18)22-19(23)15-8-10-21-11-9-15;/h1-7,12,15,21H,8-11,13H2,(H,22,23);1H. The predicted octanol–water partition coefficient (Wildman–Crippen LogP) is 4.28. The molecule has 3 rings (SSSR count).